The molecule has 2 rings (SSSR count). The maximum absolute atomic E-state index is 13.1. The predicted octanol–water partition coefficient (Wildman–Crippen LogP) is 2.69. The fourth-order valence-electron chi connectivity index (χ4n) is 1.44. The summed E-state index contributed by atoms with van der Waals surface area (Å²) in [6, 6.07) is 8.98. The molecule has 1 unspecified atom stereocenters. The summed E-state index contributed by atoms with van der Waals surface area (Å²) in [5, 5.41) is 6.62. The van der Waals surface area contributed by atoms with Gasteiger partial charge in [-0.15, -0.1) is 0 Å². The molecule has 1 aromatic carbocycles. The lowest BCUT2D eigenvalue weighted by Gasteiger charge is -2.03. The number of benzene rings is 1. The molecule has 0 saturated carbocycles. The number of H-pyrrole nitrogens is 1. The van der Waals surface area contributed by atoms with Gasteiger partial charge in [0.2, 0.25) is 0 Å². The number of nitrogen functional groups attached to an aromatic ring is 1. The molecule has 3 nitrogen and oxygen atoms in total. The first kappa shape index (κ1) is 9.71. The average molecular weight is 205 g/mol. The first-order valence-electron chi connectivity index (χ1n) is 4.72. The fraction of sp³-hybridized carbons (Fsp3) is 0.182. The van der Waals surface area contributed by atoms with E-state index in [0.29, 0.717) is 11.4 Å². The molecule has 1 aromatic heterocycles. The third-order valence-corrected chi connectivity index (χ3v) is 2.25. The van der Waals surface area contributed by atoms with E-state index >= 15 is 0 Å². The number of nitrogens with one attached hydrogen (secondary N) is 1. The monoisotopic (exact) mass is 205 g/mol. The van der Waals surface area contributed by atoms with Gasteiger partial charge in [0.05, 0.1) is 5.69 Å². The van der Waals surface area contributed by atoms with Gasteiger partial charge >= 0.3 is 0 Å². The van der Waals surface area contributed by atoms with Crippen LogP contribution in [0.15, 0.2) is 30.3 Å². The van der Waals surface area contributed by atoms with Crippen LogP contribution in [-0.2, 0) is 0 Å². The van der Waals surface area contributed by atoms with E-state index in [9.17, 15) is 4.39 Å². The Kier molecular flexibility index (Phi) is 2.41. The number of aromatic nitrogens is 2. The van der Waals surface area contributed by atoms with Crippen LogP contribution in [0.3, 0.4) is 0 Å². The van der Waals surface area contributed by atoms with Gasteiger partial charge in [-0.25, -0.2) is 4.39 Å². The normalized spacial score (nSPS) is 12.7. The zero-order valence-electron chi connectivity index (χ0n) is 8.37. The van der Waals surface area contributed by atoms with Gasteiger partial charge < -0.3 is 5.73 Å². The molecular formula is C11H12FN3. The van der Waals surface area contributed by atoms with E-state index in [0.717, 1.165) is 11.3 Å². The molecule has 0 bridgehead atoms. The molecule has 1 heterocycles. The Hall–Kier alpha value is -1.84. The number of hydrogen-bond donors (Lipinski definition) is 2. The highest BCUT2D eigenvalue weighted by molar-refractivity contribution is 5.62. The molecule has 15 heavy (non-hydrogen) atoms. The Labute approximate surface area is 87.1 Å². The minimum atomic E-state index is -0.967. The molecule has 4 heteroatoms. The highest BCUT2D eigenvalue weighted by atomic mass is 19.1. The zero-order chi connectivity index (χ0) is 10.8. The van der Waals surface area contributed by atoms with Crippen molar-refractivity contribution >= 4 is 5.82 Å². The molecule has 0 aliphatic carbocycles. The van der Waals surface area contributed by atoms with Crippen molar-refractivity contribution in [2.75, 3.05) is 5.73 Å². The summed E-state index contributed by atoms with van der Waals surface area (Å²) in [7, 11) is 0. The number of halogens is 1. The summed E-state index contributed by atoms with van der Waals surface area (Å²) in [5.74, 6) is 0.434. The summed E-state index contributed by atoms with van der Waals surface area (Å²) < 4.78 is 13.1. The van der Waals surface area contributed by atoms with E-state index in [1.807, 2.05) is 12.1 Å². The number of nitrogens with zero attached hydrogens (tertiary/aromatic N) is 1. The molecule has 0 aliphatic rings. The Morgan fingerprint density at radius 2 is 2.20 bits per heavy atom. The summed E-state index contributed by atoms with van der Waals surface area (Å²) >= 11 is 0. The first-order chi connectivity index (χ1) is 7.16. The largest absolute Gasteiger partial charge is 0.382 e. The van der Waals surface area contributed by atoms with Crippen molar-refractivity contribution in [1.82, 2.24) is 10.2 Å². The number of nitrogens with two attached hydrogens (primary N) is 1. The van der Waals surface area contributed by atoms with Crippen LogP contribution in [0.5, 0.6) is 0 Å². The van der Waals surface area contributed by atoms with E-state index in [-0.39, 0.29) is 0 Å². The quantitative estimate of drug-likeness (QED) is 0.791. The standard InChI is InChI=1S/C11H12FN3/c1-7(12)8-3-2-4-9(5-8)10-6-11(13)15-14-10/h2-7H,1H3,(H3,13,14,15). The molecule has 0 amide bonds. The maximum Gasteiger partial charge on any atom is 0.145 e. The predicted molar refractivity (Wildman–Crippen MR) is 58.0 cm³/mol. The van der Waals surface area contributed by atoms with Crippen LogP contribution in [0, 0.1) is 0 Å². The topological polar surface area (TPSA) is 54.7 Å². The van der Waals surface area contributed by atoms with Crippen LogP contribution >= 0.6 is 0 Å². The van der Waals surface area contributed by atoms with Crippen molar-refractivity contribution in [3.63, 3.8) is 0 Å². The second kappa shape index (κ2) is 3.73. The third kappa shape index (κ3) is 1.98. The van der Waals surface area contributed by atoms with Crippen LogP contribution in [0.2, 0.25) is 0 Å². The van der Waals surface area contributed by atoms with Gasteiger partial charge in [0.1, 0.15) is 12.0 Å². The lowest BCUT2D eigenvalue weighted by atomic mass is 10.1. The van der Waals surface area contributed by atoms with Gasteiger partial charge in [0.15, 0.2) is 0 Å². The maximum atomic E-state index is 13.1. The SMILES string of the molecule is CC(F)c1cccc(-c2cc(N)n[nH]2)c1. The van der Waals surface area contributed by atoms with E-state index in [2.05, 4.69) is 10.2 Å². The molecule has 0 saturated heterocycles. The van der Waals surface area contributed by atoms with Crippen molar-refractivity contribution < 1.29 is 4.39 Å². The van der Waals surface area contributed by atoms with Crippen LogP contribution in [0.25, 0.3) is 11.3 Å². The molecular weight excluding hydrogens is 193 g/mol. The van der Waals surface area contributed by atoms with Crippen LogP contribution in [0.1, 0.15) is 18.7 Å². The van der Waals surface area contributed by atoms with Gasteiger partial charge in [-0.05, 0) is 24.1 Å². The van der Waals surface area contributed by atoms with Gasteiger partial charge in [-0.1, -0.05) is 18.2 Å². The summed E-state index contributed by atoms with van der Waals surface area (Å²) in [5.41, 5.74) is 7.84. The number of hydrogen-bond acceptors (Lipinski definition) is 2. The second-order valence-corrected chi connectivity index (χ2v) is 3.45. The van der Waals surface area contributed by atoms with Crippen molar-refractivity contribution in [1.29, 1.82) is 0 Å². The minimum Gasteiger partial charge on any atom is -0.382 e. The van der Waals surface area contributed by atoms with Gasteiger partial charge in [0.25, 0.3) is 0 Å². The van der Waals surface area contributed by atoms with Crippen molar-refractivity contribution in [2.45, 2.75) is 13.1 Å². The number of aromatic amines is 1. The van der Waals surface area contributed by atoms with Gasteiger partial charge in [0, 0.05) is 6.07 Å². The Morgan fingerprint density at radius 3 is 2.80 bits per heavy atom. The molecule has 0 radical (unpaired) electrons. The van der Waals surface area contributed by atoms with E-state index in [1.165, 1.54) is 6.92 Å². The average Bonchev–Trinajstić information content (AvgIpc) is 2.65. The van der Waals surface area contributed by atoms with Gasteiger partial charge in [-0.3, -0.25) is 5.10 Å². The Morgan fingerprint density at radius 1 is 1.40 bits per heavy atom. The van der Waals surface area contributed by atoms with Crippen molar-refractivity contribution in [3.8, 4) is 11.3 Å². The summed E-state index contributed by atoms with van der Waals surface area (Å²) in [6.45, 7) is 1.51. The summed E-state index contributed by atoms with van der Waals surface area (Å²) in [6.07, 6.45) is -0.967. The van der Waals surface area contributed by atoms with Crippen LogP contribution in [-0.4, -0.2) is 10.2 Å². The van der Waals surface area contributed by atoms with E-state index in [1.54, 1.807) is 18.2 Å². The third-order valence-electron chi connectivity index (χ3n) is 2.25. The van der Waals surface area contributed by atoms with E-state index < -0.39 is 6.17 Å². The number of anilines is 1. The molecule has 3 N–H and O–H groups in total. The van der Waals surface area contributed by atoms with Crippen molar-refractivity contribution in [3.05, 3.63) is 35.9 Å². The molecule has 78 valence electrons. The minimum absolute atomic E-state index is 0.434. The van der Waals surface area contributed by atoms with Gasteiger partial charge in [-0.2, -0.15) is 5.10 Å². The molecule has 0 aliphatic heterocycles. The zero-order valence-corrected chi connectivity index (χ0v) is 8.37. The fourth-order valence-corrected chi connectivity index (χ4v) is 1.44. The lowest BCUT2D eigenvalue weighted by molar-refractivity contribution is 0.374. The Bertz CT molecular complexity index is 462. The number of rotatable bonds is 2. The first-order valence-corrected chi connectivity index (χ1v) is 4.72. The smallest absolute Gasteiger partial charge is 0.145 e. The summed E-state index contributed by atoms with van der Waals surface area (Å²) in [4.78, 5) is 0. The highest BCUT2D eigenvalue weighted by Crippen LogP contribution is 2.24. The van der Waals surface area contributed by atoms with Crippen LogP contribution < -0.4 is 5.73 Å². The molecule has 1 atom stereocenters. The van der Waals surface area contributed by atoms with Crippen LogP contribution in [0.4, 0.5) is 10.2 Å². The highest BCUT2D eigenvalue weighted by Gasteiger charge is 2.06. The van der Waals surface area contributed by atoms with Crippen molar-refractivity contribution in [2.24, 2.45) is 0 Å². The second-order valence-electron chi connectivity index (χ2n) is 3.45. The number of alkyl halides is 1. The molecule has 2 aromatic rings. The Balaban J connectivity index is 2.41. The lowest BCUT2D eigenvalue weighted by Crippen LogP contribution is -1.86. The molecule has 0 fully saturated rings. The molecule has 0 spiro atoms. The van der Waals surface area contributed by atoms with E-state index in [4.69, 9.17) is 5.73 Å².